The minimum Gasteiger partial charge on any atom is -0.324 e. The van der Waals surface area contributed by atoms with E-state index in [2.05, 4.69) is 20.7 Å². The standard InChI is InChI=1S/C18H15F2N5O2/c1-11(25-10-21-9-22-25)17(26)23-12-5-7-13(8-6-12)24-18(27)16-14(19)3-2-4-15(16)20/h2-11H,1H3,(H,23,26)(H,24,27). The molecule has 1 atom stereocenters. The van der Waals surface area contributed by atoms with E-state index in [1.54, 1.807) is 19.1 Å². The van der Waals surface area contributed by atoms with E-state index in [-0.39, 0.29) is 5.91 Å². The largest absolute Gasteiger partial charge is 0.324 e. The molecule has 1 unspecified atom stereocenters. The average Bonchev–Trinajstić information content (AvgIpc) is 3.17. The highest BCUT2D eigenvalue weighted by Crippen LogP contribution is 2.18. The zero-order valence-electron chi connectivity index (χ0n) is 14.2. The SMILES string of the molecule is CC(C(=O)Nc1ccc(NC(=O)c2c(F)cccc2F)cc1)n1cncn1. The van der Waals surface area contributed by atoms with E-state index in [1.165, 1.54) is 35.5 Å². The first kappa shape index (κ1) is 18.2. The summed E-state index contributed by atoms with van der Waals surface area (Å²) in [6.07, 6.45) is 2.77. The van der Waals surface area contributed by atoms with Crippen molar-refractivity contribution in [2.45, 2.75) is 13.0 Å². The maximum absolute atomic E-state index is 13.6. The molecule has 0 saturated heterocycles. The number of nitrogens with one attached hydrogen (secondary N) is 2. The highest BCUT2D eigenvalue weighted by atomic mass is 19.1. The van der Waals surface area contributed by atoms with Gasteiger partial charge in [0.15, 0.2) is 0 Å². The monoisotopic (exact) mass is 371 g/mol. The van der Waals surface area contributed by atoms with Crippen LogP contribution in [0.2, 0.25) is 0 Å². The molecule has 7 nitrogen and oxygen atoms in total. The van der Waals surface area contributed by atoms with Gasteiger partial charge in [-0.1, -0.05) is 6.07 Å². The number of halogens is 2. The van der Waals surface area contributed by atoms with Crippen LogP contribution in [0.4, 0.5) is 20.2 Å². The smallest absolute Gasteiger partial charge is 0.261 e. The van der Waals surface area contributed by atoms with E-state index in [0.717, 1.165) is 12.1 Å². The Morgan fingerprint density at radius 1 is 1.00 bits per heavy atom. The summed E-state index contributed by atoms with van der Waals surface area (Å²) in [7, 11) is 0. The summed E-state index contributed by atoms with van der Waals surface area (Å²) in [4.78, 5) is 28.0. The van der Waals surface area contributed by atoms with Crippen LogP contribution in [0.3, 0.4) is 0 Å². The number of anilines is 2. The third-order valence-corrected chi connectivity index (χ3v) is 3.81. The lowest BCUT2D eigenvalue weighted by Gasteiger charge is -2.12. The molecule has 0 aliphatic carbocycles. The molecule has 2 N–H and O–H groups in total. The van der Waals surface area contributed by atoms with Gasteiger partial charge in [-0.3, -0.25) is 9.59 Å². The minimum atomic E-state index is -0.946. The Bertz CT molecular complexity index is 938. The van der Waals surface area contributed by atoms with E-state index in [9.17, 15) is 18.4 Å². The second kappa shape index (κ2) is 7.73. The van der Waals surface area contributed by atoms with E-state index < -0.39 is 29.1 Å². The van der Waals surface area contributed by atoms with Crippen molar-refractivity contribution in [2.24, 2.45) is 0 Å². The summed E-state index contributed by atoms with van der Waals surface area (Å²) in [6, 6.07) is 8.76. The molecule has 2 aromatic carbocycles. The molecule has 2 amide bonds. The molecule has 27 heavy (non-hydrogen) atoms. The summed E-state index contributed by atoms with van der Waals surface area (Å²) >= 11 is 0. The summed E-state index contributed by atoms with van der Waals surface area (Å²) < 4.78 is 28.7. The van der Waals surface area contributed by atoms with Crippen molar-refractivity contribution in [3.8, 4) is 0 Å². The fraction of sp³-hybridized carbons (Fsp3) is 0.111. The van der Waals surface area contributed by atoms with Crippen molar-refractivity contribution in [3.63, 3.8) is 0 Å². The van der Waals surface area contributed by atoms with Crippen LogP contribution in [0, 0.1) is 11.6 Å². The zero-order chi connectivity index (χ0) is 19.4. The molecule has 0 aliphatic rings. The quantitative estimate of drug-likeness (QED) is 0.722. The predicted octanol–water partition coefficient (Wildman–Crippen LogP) is 3.01. The number of carbonyl (C=O) groups is 2. The Hall–Kier alpha value is -3.62. The molecule has 0 bridgehead atoms. The predicted molar refractivity (Wildman–Crippen MR) is 94.1 cm³/mol. The Morgan fingerprint density at radius 3 is 2.15 bits per heavy atom. The topological polar surface area (TPSA) is 88.9 Å². The number of rotatable bonds is 5. The molecule has 0 spiro atoms. The van der Waals surface area contributed by atoms with Crippen LogP contribution in [0.5, 0.6) is 0 Å². The average molecular weight is 371 g/mol. The molecule has 9 heteroatoms. The van der Waals surface area contributed by atoms with E-state index in [4.69, 9.17) is 0 Å². The summed E-state index contributed by atoms with van der Waals surface area (Å²) in [5.41, 5.74) is 0.156. The van der Waals surface area contributed by atoms with Crippen LogP contribution in [0.1, 0.15) is 23.3 Å². The second-order valence-electron chi connectivity index (χ2n) is 5.67. The number of hydrogen-bond donors (Lipinski definition) is 2. The lowest BCUT2D eigenvalue weighted by Crippen LogP contribution is -2.24. The maximum atomic E-state index is 13.6. The van der Waals surface area contributed by atoms with Crippen molar-refractivity contribution in [2.75, 3.05) is 10.6 Å². The highest BCUT2D eigenvalue weighted by Gasteiger charge is 2.18. The van der Waals surface area contributed by atoms with Gasteiger partial charge in [-0.05, 0) is 43.3 Å². The number of amides is 2. The van der Waals surface area contributed by atoms with E-state index in [1.807, 2.05) is 0 Å². The third-order valence-electron chi connectivity index (χ3n) is 3.81. The number of carbonyl (C=O) groups excluding carboxylic acids is 2. The molecule has 0 saturated carbocycles. The Morgan fingerprint density at radius 2 is 1.59 bits per heavy atom. The lowest BCUT2D eigenvalue weighted by molar-refractivity contribution is -0.119. The molecule has 3 rings (SSSR count). The van der Waals surface area contributed by atoms with Gasteiger partial charge in [-0.15, -0.1) is 0 Å². The Labute approximate surface area is 153 Å². The normalized spacial score (nSPS) is 11.7. The highest BCUT2D eigenvalue weighted by molar-refractivity contribution is 6.04. The number of hydrogen-bond acceptors (Lipinski definition) is 4. The second-order valence-corrected chi connectivity index (χ2v) is 5.67. The molecule has 0 radical (unpaired) electrons. The van der Waals surface area contributed by atoms with Crippen LogP contribution < -0.4 is 10.6 Å². The van der Waals surface area contributed by atoms with Crippen molar-refractivity contribution >= 4 is 23.2 Å². The first-order chi connectivity index (χ1) is 13.0. The van der Waals surface area contributed by atoms with Gasteiger partial charge in [0.1, 0.15) is 35.9 Å². The fourth-order valence-corrected chi connectivity index (χ4v) is 2.33. The van der Waals surface area contributed by atoms with Crippen molar-refractivity contribution in [3.05, 3.63) is 72.3 Å². The van der Waals surface area contributed by atoms with Gasteiger partial charge in [0.05, 0.1) is 0 Å². The van der Waals surface area contributed by atoms with Gasteiger partial charge in [-0.25, -0.2) is 18.4 Å². The van der Waals surface area contributed by atoms with Crippen LogP contribution in [-0.2, 0) is 4.79 Å². The van der Waals surface area contributed by atoms with Crippen molar-refractivity contribution < 1.29 is 18.4 Å². The molecular formula is C18H15F2N5O2. The van der Waals surface area contributed by atoms with Gasteiger partial charge < -0.3 is 10.6 Å². The van der Waals surface area contributed by atoms with Gasteiger partial charge in [0.25, 0.3) is 5.91 Å². The van der Waals surface area contributed by atoms with Gasteiger partial charge >= 0.3 is 0 Å². The molecule has 1 heterocycles. The Kier molecular flexibility index (Phi) is 5.20. The summed E-state index contributed by atoms with van der Waals surface area (Å²) in [5.74, 6) is -3.09. The molecule has 0 aliphatic heterocycles. The summed E-state index contributed by atoms with van der Waals surface area (Å²) in [5, 5.41) is 9.02. The maximum Gasteiger partial charge on any atom is 0.261 e. The fourth-order valence-electron chi connectivity index (χ4n) is 2.33. The summed E-state index contributed by atoms with van der Waals surface area (Å²) in [6.45, 7) is 1.67. The van der Waals surface area contributed by atoms with Crippen LogP contribution >= 0.6 is 0 Å². The van der Waals surface area contributed by atoms with Crippen LogP contribution in [0.15, 0.2) is 55.1 Å². The van der Waals surface area contributed by atoms with Gasteiger partial charge in [0.2, 0.25) is 5.91 Å². The van der Waals surface area contributed by atoms with E-state index in [0.29, 0.717) is 11.4 Å². The zero-order valence-corrected chi connectivity index (χ0v) is 14.2. The number of nitrogens with zero attached hydrogens (tertiary/aromatic N) is 3. The molecular weight excluding hydrogens is 356 g/mol. The Balaban J connectivity index is 1.65. The molecule has 0 fully saturated rings. The minimum absolute atomic E-state index is 0.300. The van der Waals surface area contributed by atoms with Gasteiger partial charge in [0, 0.05) is 11.4 Å². The van der Waals surface area contributed by atoms with Crippen LogP contribution in [-0.4, -0.2) is 26.6 Å². The lowest BCUT2D eigenvalue weighted by atomic mass is 10.1. The number of benzene rings is 2. The molecule has 1 aromatic heterocycles. The molecule has 3 aromatic rings. The van der Waals surface area contributed by atoms with Crippen LogP contribution in [0.25, 0.3) is 0 Å². The van der Waals surface area contributed by atoms with Crippen molar-refractivity contribution in [1.29, 1.82) is 0 Å². The first-order valence-corrected chi connectivity index (χ1v) is 7.96. The third kappa shape index (κ3) is 4.14. The number of aromatic nitrogens is 3. The molecule has 138 valence electrons. The van der Waals surface area contributed by atoms with E-state index >= 15 is 0 Å². The van der Waals surface area contributed by atoms with Crippen molar-refractivity contribution in [1.82, 2.24) is 14.8 Å². The van der Waals surface area contributed by atoms with Gasteiger partial charge in [-0.2, -0.15) is 5.10 Å². The first-order valence-electron chi connectivity index (χ1n) is 7.96.